The lowest BCUT2D eigenvalue weighted by Crippen LogP contribution is -1.94. The first-order chi connectivity index (χ1) is 15.2. The molecule has 0 unspecified atom stereocenters. The number of ether oxygens (including phenoxy) is 4. The summed E-state index contributed by atoms with van der Waals surface area (Å²) in [5.74, 6) is 3.37. The van der Waals surface area contributed by atoms with Crippen LogP contribution >= 0.6 is 0 Å². The average Bonchev–Trinajstić information content (AvgIpc) is 2.83. The van der Waals surface area contributed by atoms with Crippen LogP contribution in [0.4, 0.5) is 0 Å². The molecule has 0 atom stereocenters. The number of rotatable bonds is 7. The fourth-order valence-corrected chi connectivity index (χ4v) is 3.28. The summed E-state index contributed by atoms with van der Waals surface area (Å²) in [4.78, 5) is 4.44. The van der Waals surface area contributed by atoms with Gasteiger partial charge in [0.2, 0.25) is 0 Å². The van der Waals surface area contributed by atoms with Crippen molar-refractivity contribution in [2.45, 2.75) is 0 Å². The number of hydrogen-bond acceptors (Lipinski definition) is 5. The van der Waals surface area contributed by atoms with Gasteiger partial charge in [0.05, 0.1) is 26.8 Å². The van der Waals surface area contributed by atoms with Gasteiger partial charge < -0.3 is 18.9 Å². The summed E-state index contributed by atoms with van der Waals surface area (Å²) >= 11 is 0. The highest BCUT2D eigenvalue weighted by atomic mass is 16.5. The lowest BCUT2D eigenvalue weighted by atomic mass is 10.1. The van der Waals surface area contributed by atoms with Crippen LogP contribution in [0.3, 0.4) is 0 Å². The third-order valence-corrected chi connectivity index (χ3v) is 4.90. The minimum atomic E-state index is 0.617. The maximum Gasteiger partial charge on any atom is 0.162 e. The third-order valence-electron chi connectivity index (χ3n) is 4.90. The van der Waals surface area contributed by atoms with E-state index in [4.69, 9.17) is 18.9 Å². The lowest BCUT2D eigenvalue weighted by molar-refractivity contribution is 0.355. The molecular weight excluding hydrogens is 390 g/mol. The molecular formula is C26H23NO4. The van der Waals surface area contributed by atoms with E-state index in [1.54, 1.807) is 27.5 Å². The van der Waals surface area contributed by atoms with E-state index in [1.807, 2.05) is 78.9 Å². The van der Waals surface area contributed by atoms with Gasteiger partial charge in [-0.2, -0.15) is 0 Å². The fourth-order valence-electron chi connectivity index (χ4n) is 3.28. The van der Waals surface area contributed by atoms with Crippen molar-refractivity contribution in [3.05, 3.63) is 84.1 Å². The van der Waals surface area contributed by atoms with Crippen molar-refractivity contribution < 1.29 is 18.9 Å². The van der Waals surface area contributed by atoms with Crippen LogP contribution in [0.2, 0.25) is 0 Å². The molecule has 1 aromatic heterocycles. The van der Waals surface area contributed by atoms with E-state index in [2.05, 4.69) is 4.98 Å². The highest BCUT2D eigenvalue weighted by molar-refractivity contribution is 5.88. The Hall–Kier alpha value is -3.99. The van der Waals surface area contributed by atoms with Crippen molar-refractivity contribution >= 4 is 23.1 Å². The van der Waals surface area contributed by atoms with Crippen LogP contribution in [-0.4, -0.2) is 26.3 Å². The standard InChI is InChI=1S/C26H23NO4/c1-28-20-11-12-23(19(15-20)10-9-18-7-5-4-6-8-18)31-24-13-14-27-22-17-26(30-3)25(29-2)16-21(22)24/h4-17H,1-3H3. The Morgan fingerprint density at radius 3 is 2.19 bits per heavy atom. The molecule has 0 amide bonds. The molecule has 0 saturated carbocycles. The summed E-state index contributed by atoms with van der Waals surface area (Å²) in [6, 6.07) is 21.4. The predicted molar refractivity (Wildman–Crippen MR) is 123 cm³/mol. The van der Waals surface area contributed by atoms with Crippen molar-refractivity contribution in [3.63, 3.8) is 0 Å². The van der Waals surface area contributed by atoms with Crippen molar-refractivity contribution in [2.75, 3.05) is 21.3 Å². The van der Waals surface area contributed by atoms with Gasteiger partial charge in [-0.05, 0) is 35.9 Å². The van der Waals surface area contributed by atoms with Crippen LogP contribution in [0.25, 0.3) is 23.1 Å². The van der Waals surface area contributed by atoms with Crippen LogP contribution in [0.1, 0.15) is 11.1 Å². The van der Waals surface area contributed by atoms with Gasteiger partial charge in [-0.15, -0.1) is 0 Å². The molecule has 0 N–H and O–H groups in total. The van der Waals surface area contributed by atoms with Gasteiger partial charge in [0, 0.05) is 23.2 Å². The van der Waals surface area contributed by atoms with Crippen LogP contribution in [0.15, 0.2) is 72.9 Å². The van der Waals surface area contributed by atoms with Crippen molar-refractivity contribution in [1.29, 1.82) is 0 Å². The number of nitrogens with zero attached hydrogens (tertiary/aromatic N) is 1. The van der Waals surface area contributed by atoms with Gasteiger partial charge in [-0.3, -0.25) is 4.98 Å². The molecule has 0 aliphatic carbocycles. The Morgan fingerprint density at radius 1 is 0.677 bits per heavy atom. The Bertz CT molecular complexity index is 1220. The molecule has 0 aliphatic rings. The zero-order valence-electron chi connectivity index (χ0n) is 17.7. The molecule has 0 aliphatic heterocycles. The summed E-state index contributed by atoms with van der Waals surface area (Å²) in [5, 5.41) is 0.828. The highest BCUT2D eigenvalue weighted by Gasteiger charge is 2.13. The van der Waals surface area contributed by atoms with Gasteiger partial charge in [-0.1, -0.05) is 42.5 Å². The number of hydrogen-bond donors (Lipinski definition) is 0. The molecule has 0 saturated heterocycles. The molecule has 4 aromatic rings. The number of fused-ring (bicyclic) bond motifs is 1. The summed E-state index contributed by atoms with van der Waals surface area (Å²) < 4.78 is 22.6. The highest BCUT2D eigenvalue weighted by Crippen LogP contribution is 2.38. The molecule has 5 heteroatoms. The zero-order chi connectivity index (χ0) is 21.6. The van der Waals surface area contributed by atoms with E-state index in [1.165, 1.54) is 0 Å². The fraction of sp³-hybridized carbons (Fsp3) is 0.115. The van der Waals surface area contributed by atoms with Gasteiger partial charge >= 0.3 is 0 Å². The van der Waals surface area contributed by atoms with Gasteiger partial charge in [0.25, 0.3) is 0 Å². The van der Waals surface area contributed by atoms with Crippen molar-refractivity contribution in [2.24, 2.45) is 0 Å². The molecule has 0 spiro atoms. The van der Waals surface area contributed by atoms with Crippen molar-refractivity contribution in [3.8, 4) is 28.7 Å². The Balaban J connectivity index is 1.75. The molecule has 0 fully saturated rings. The lowest BCUT2D eigenvalue weighted by Gasteiger charge is -2.14. The first-order valence-electron chi connectivity index (χ1n) is 9.81. The second-order valence-corrected chi connectivity index (χ2v) is 6.78. The number of methoxy groups -OCH3 is 3. The Kier molecular flexibility index (Phi) is 6.03. The average molecular weight is 413 g/mol. The molecule has 156 valence electrons. The first-order valence-corrected chi connectivity index (χ1v) is 9.81. The largest absolute Gasteiger partial charge is 0.497 e. The monoisotopic (exact) mass is 413 g/mol. The number of aromatic nitrogens is 1. The summed E-state index contributed by atoms with van der Waals surface area (Å²) in [6.45, 7) is 0. The minimum absolute atomic E-state index is 0.617. The van der Waals surface area contributed by atoms with E-state index >= 15 is 0 Å². The predicted octanol–water partition coefficient (Wildman–Crippen LogP) is 6.22. The molecule has 0 radical (unpaired) electrons. The second-order valence-electron chi connectivity index (χ2n) is 6.78. The maximum atomic E-state index is 6.34. The van der Waals surface area contributed by atoms with E-state index in [9.17, 15) is 0 Å². The molecule has 5 nitrogen and oxygen atoms in total. The van der Waals surface area contributed by atoms with E-state index in [0.29, 0.717) is 23.0 Å². The maximum absolute atomic E-state index is 6.34. The van der Waals surface area contributed by atoms with Crippen LogP contribution in [0, 0.1) is 0 Å². The third kappa shape index (κ3) is 4.46. The molecule has 1 heterocycles. The SMILES string of the molecule is COc1ccc(Oc2ccnc3cc(OC)c(OC)cc23)c(C=Cc2ccccc2)c1. The van der Waals surface area contributed by atoms with Crippen LogP contribution in [0.5, 0.6) is 28.7 Å². The smallest absolute Gasteiger partial charge is 0.162 e. The van der Waals surface area contributed by atoms with Gasteiger partial charge in [0.15, 0.2) is 11.5 Å². The van der Waals surface area contributed by atoms with E-state index in [0.717, 1.165) is 27.8 Å². The Labute approximate surface area is 181 Å². The van der Waals surface area contributed by atoms with Gasteiger partial charge in [0.1, 0.15) is 17.2 Å². The number of benzene rings is 3. The van der Waals surface area contributed by atoms with Crippen LogP contribution < -0.4 is 18.9 Å². The van der Waals surface area contributed by atoms with Gasteiger partial charge in [-0.25, -0.2) is 0 Å². The minimum Gasteiger partial charge on any atom is -0.497 e. The molecule has 31 heavy (non-hydrogen) atoms. The first kappa shape index (κ1) is 20.3. The quantitative estimate of drug-likeness (QED) is 0.337. The molecule has 3 aromatic carbocycles. The normalized spacial score (nSPS) is 10.9. The summed E-state index contributed by atoms with van der Waals surface area (Å²) in [7, 11) is 4.86. The zero-order valence-corrected chi connectivity index (χ0v) is 17.7. The molecule has 4 rings (SSSR count). The van der Waals surface area contributed by atoms with Crippen molar-refractivity contribution in [1.82, 2.24) is 4.98 Å². The number of pyridine rings is 1. The summed E-state index contributed by atoms with van der Waals surface area (Å²) in [5.41, 5.74) is 2.75. The topological polar surface area (TPSA) is 49.8 Å². The Morgan fingerprint density at radius 2 is 1.45 bits per heavy atom. The second kappa shape index (κ2) is 9.22. The summed E-state index contributed by atoms with van der Waals surface area (Å²) in [6.07, 6.45) is 5.77. The van der Waals surface area contributed by atoms with E-state index < -0.39 is 0 Å². The molecule has 0 bridgehead atoms. The van der Waals surface area contributed by atoms with Crippen LogP contribution in [-0.2, 0) is 0 Å². The van der Waals surface area contributed by atoms with E-state index in [-0.39, 0.29) is 0 Å².